The first-order valence-electron chi connectivity index (χ1n) is 12.1. The normalized spacial score (nSPS) is 18.9. The summed E-state index contributed by atoms with van der Waals surface area (Å²) in [5.41, 5.74) is -3.74. The summed E-state index contributed by atoms with van der Waals surface area (Å²) < 4.78 is 83.8. The average Bonchev–Trinajstić information content (AvgIpc) is 2.82. The van der Waals surface area contributed by atoms with Crippen molar-refractivity contribution in [2.45, 2.75) is 51.1 Å². The van der Waals surface area contributed by atoms with Crippen LogP contribution in [0.3, 0.4) is 0 Å². The maximum atomic E-state index is 13.0. The molecule has 12 heteroatoms. The van der Waals surface area contributed by atoms with Crippen molar-refractivity contribution in [2.24, 2.45) is 5.92 Å². The molecule has 2 aliphatic heterocycles. The summed E-state index contributed by atoms with van der Waals surface area (Å²) in [6, 6.07) is 0.848. The third-order valence-electron chi connectivity index (χ3n) is 6.66. The first-order valence-corrected chi connectivity index (χ1v) is 12.1. The number of nitrogens with zero attached hydrogens (tertiary/aromatic N) is 2. The van der Waals surface area contributed by atoms with Gasteiger partial charge in [0.1, 0.15) is 0 Å². The number of piperidine rings is 2. The lowest BCUT2D eigenvalue weighted by atomic mass is 9.96. The number of rotatable bonds is 7. The first-order chi connectivity index (χ1) is 16.9. The predicted octanol–water partition coefficient (Wildman–Crippen LogP) is 4.19. The third-order valence-corrected chi connectivity index (χ3v) is 6.66. The van der Waals surface area contributed by atoms with Gasteiger partial charge in [-0.15, -0.1) is 0 Å². The van der Waals surface area contributed by atoms with E-state index in [4.69, 9.17) is 4.74 Å². The number of amides is 2. The summed E-state index contributed by atoms with van der Waals surface area (Å²) in [7, 11) is 0. The van der Waals surface area contributed by atoms with E-state index in [1.807, 2.05) is 16.7 Å². The van der Waals surface area contributed by atoms with Crippen molar-refractivity contribution < 1.29 is 40.7 Å². The molecule has 3 rings (SSSR count). The van der Waals surface area contributed by atoms with Crippen molar-refractivity contribution in [2.75, 3.05) is 45.9 Å². The van der Waals surface area contributed by atoms with Gasteiger partial charge < -0.3 is 15.0 Å². The number of hydrogen-bond acceptors (Lipinski definition) is 4. The van der Waals surface area contributed by atoms with Gasteiger partial charge in [-0.1, -0.05) is 0 Å². The lowest BCUT2D eigenvalue weighted by Crippen LogP contribution is -2.47. The quantitative estimate of drug-likeness (QED) is 0.545. The third kappa shape index (κ3) is 7.83. The Labute approximate surface area is 205 Å². The van der Waals surface area contributed by atoms with Gasteiger partial charge >= 0.3 is 12.4 Å². The number of nitrogens with one attached hydrogen (secondary N) is 1. The van der Waals surface area contributed by atoms with Crippen LogP contribution in [0.25, 0.3) is 0 Å². The standard InChI is InChI=1S/C24H31F6N3O3/c1-2-36-20-5-9-33(10-6-20)21(34)15-32-7-3-16(4-8-32)14-31-22(35)17-11-18(23(25,26)27)13-19(12-17)24(28,29)30/h11-13,16,20H,2-10,14-15H2,1H3,(H,31,35). The lowest BCUT2D eigenvalue weighted by molar-refractivity contribution is -0.143. The number of alkyl halides is 6. The van der Waals surface area contributed by atoms with Gasteiger partial charge in [-0.05, 0) is 69.8 Å². The van der Waals surface area contributed by atoms with Gasteiger partial charge in [0.15, 0.2) is 0 Å². The van der Waals surface area contributed by atoms with Crippen LogP contribution < -0.4 is 5.32 Å². The minimum absolute atomic E-state index is 0.00496. The van der Waals surface area contributed by atoms with Crippen LogP contribution >= 0.6 is 0 Å². The first kappa shape index (κ1) is 28.2. The van der Waals surface area contributed by atoms with E-state index < -0.39 is 35.0 Å². The van der Waals surface area contributed by atoms with Gasteiger partial charge in [0, 0.05) is 31.8 Å². The molecule has 1 N–H and O–H groups in total. The van der Waals surface area contributed by atoms with E-state index in [2.05, 4.69) is 5.32 Å². The van der Waals surface area contributed by atoms with Crippen LogP contribution in [-0.4, -0.2) is 73.6 Å². The van der Waals surface area contributed by atoms with Gasteiger partial charge in [0.2, 0.25) is 5.91 Å². The molecular weight excluding hydrogens is 492 g/mol. The molecule has 0 bridgehead atoms. The van der Waals surface area contributed by atoms with Gasteiger partial charge in [-0.3, -0.25) is 14.5 Å². The average molecular weight is 524 g/mol. The number of carbonyl (C=O) groups excluding carboxylic acids is 2. The molecule has 2 aliphatic rings. The lowest BCUT2D eigenvalue weighted by Gasteiger charge is -2.35. The zero-order valence-electron chi connectivity index (χ0n) is 20.1. The topological polar surface area (TPSA) is 61.9 Å². The highest BCUT2D eigenvalue weighted by molar-refractivity contribution is 5.94. The van der Waals surface area contributed by atoms with Crippen LogP contribution in [0.15, 0.2) is 18.2 Å². The minimum Gasteiger partial charge on any atom is -0.378 e. The van der Waals surface area contributed by atoms with Crippen molar-refractivity contribution in [1.29, 1.82) is 0 Å². The van der Waals surface area contributed by atoms with Crippen molar-refractivity contribution >= 4 is 11.8 Å². The molecule has 202 valence electrons. The van der Waals surface area contributed by atoms with Crippen molar-refractivity contribution in [1.82, 2.24) is 15.1 Å². The van der Waals surface area contributed by atoms with E-state index in [1.165, 1.54) is 0 Å². The molecule has 1 aromatic rings. The molecule has 2 amide bonds. The number of likely N-dealkylation sites (tertiary alicyclic amines) is 2. The Bertz CT molecular complexity index is 873. The predicted molar refractivity (Wildman–Crippen MR) is 119 cm³/mol. The van der Waals surface area contributed by atoms with Gasteiger partial charge in [-0.25, -0.2) is 0 Å². The number of ether oxygens (including phenoxy) is 1. The molecule has 2 saturated heterocycles. The second-order valence-corrected chi connectivity index (χ2v) is 9.26. The van der Waals surface area contributed by atoms with Crippen LogP contribution in [0.4, 0.5) is 26.3 Å². The number of halogens is 6. The van der Waals surface area contributed by atoms with Crippen LogP contribution in [0.2, 0.25) is 0 Å². The summed E-state index contributed by atoms with van der Waals surface area (Å²) in [6.45, 7) is 5.58. The fourth-order valence-corrected chi connectivity index (χ4v) is 4.57. The van der Waals surface area contributed by atoms with E-state index >= 15 is 0 Å². The van der Waals surface area contributed by atoms with Crippen molar-refractivity contribution in [3.8, 4) is 0 Å². The number of benzene rings is 1. The Morgan fingerprint density at radius 3 is 1.97 bits per heavy atom. The summed E-state index contributed by atoms with van der Waals surface area (Å²) in [6.07, 6.45) is -6.90. The molecule has 36 heavy (non-hydrogen) atoms. The monoisotopic (exact) mass is 523 g/mol. The zero-order valence-corrected chi connectivity index (χ0v) is 20.1. The van der Waals surface area contributed by atoms with Gasteiger partial charge in [0.05, 0.1) is 23.8 Å². The second-order valence-electron chi connectivity index (χ2n) is 9.26. The fourth-order valence-electron chi connectivity index (χ4n) is 4.57. The summed E-state index contributed by atoms with van der Waals surface area (Å²) in [4.78, 5) is 28.9. The van der Waals surface area contributed by atoms with E-state index in [0.29, 0.717) is 64.3 Å². The number of carbonyl (C=O) groups is 2. The molecule has 2 fully saturated rings. The Morgan fingerprint density at radius 1 is 0.917 bits per heavy atom. The molecule has 1 aromatic carbocycles. The smallest absolute Gasteiger partial charge is 0.378 e. The van der Waals surface area contributed by atoms with Gasteiger partial charge in [0.25, 0.3) is 5.91 Å². The molecule has 0 spiro atoms. The molecular formula is C24H31F6N3O3. The van der Waals surface area contributed by atoms with E-state index in [-0.39, 0.29) is 30.5 Å². The second kappa shape index (κ2) is 11.8. The molecule has 6 nitrogen and oxygen atoms in total. The fraction of sp³-hybridized carbons (Fsp3) is 0.667. The summed E-state index contributed by atoms with van der Waals surface area (Å²) in [5.74, 6) is -0.920. The summed E-state index contributed by atoms with van der Waals surface area (Å²) >= 11 is 0. The van der Waals surface area contributed by atoms with Gasteiger partial charge in [-0.2, -0.15) is 26.3 Å². The molecule has 0 saturated carbocycles. The zero-order chi connectivity index (χ0) is 26.5. The largest absolute Gasteiger partial charge is 0.416 e. The molecule has 0 unspecified atom stereocenters. The van der Waals surface area contributed by atoms with Crippen molar-refractivity contribution in [3.63, 3.8) is 0 Å². The Hall–Kier alpha value is -2.34. The van der Waals surface area contributed by atoms with Crippen LogP contribution in [0.1, 0.15) is 54.1 Å². The highest BCUT2D eigenvalue weighted by Crippen LogP contribution is 2.36. The highest BCUT2D eigenvalue weighted by Gasteiger charge is 2.37. The highest BCUT2D eigenvalue weighted by atomic mass is 19.4. The van der Waals surface area contributed by atoms with Crippen LogP contribution in [0.5, 0.6) is 0 Å². The number of hydrogen-bond donors (Lipinski definition) is 1. The SMILES string of the molecule is CCOC1CCN(C(=O)CN2CCC(CNC(=O)c3cc(C(F)(F)F)cc(C(F)(F)F)c3)CC2)CC1. The van der Waals surface area contributed by atoms with Crippen molar-refractivity contribution in [3.05, 3.63) is 34.9 Å². The Kier molecular flexibility index (Phi) is 9.26. The van der Waals surface area contributed by atoms with E-state index in [0.717, 1.165) is 12.8 Å². The maximum Gasteiger partial charge on any atom is 0.416 e. The Balaban J connectivity index is 1.47. The Morgan fingerprint density at radius 2 is 1.47 bits per heavy atom. The van der Waals surface area contributed by atoms with E-state index in [1.54, 1.807) is 0 Å². The minimum atomic E-state index is -5.01. The molecule has 0 atom stereocenters. The van der Waals surface area contributed by atoms with Crippen LogP contribution in [-0.2, 0) is 21.9 Å². The molecule has 2 heterocycles. The summed E-state index contributed by atoms with van der Waals surface area (Å²) in [5, 5.41) is 2.47. The molecule has 0 radical (unpaired) electrons. The molecule has 0 aliphatic carbocycles. The van der Waals surface area contributed by atoms with Crippen LogP contribution in [0, 0.1) is 5.92 Å². The maximum absolute atomic E-state index is 13.0. The molecule has 0 aromatic heterocycles. The van der Waals surface area contributed by atoms with E-state index in [9.17, 15) is 35.9 Å².